The number of hydroxylamine groups is 1. The van der Waals surface area contributed by atoms with Crippen molar-refractivity contribution < 1.29 is 24.3 Å². The lowest BCUT2D eigenvalue weighted by molar-refractivity contribution is -0.123. The van der Waals surface area contributed by atoms with Gasteiger partial charge in [0.25, 0.3) is 11.8 Å². The van der Waals surface area contributed by atoms with Gasteiger partial charge in [-0.25, -0.2) is 0 Å². The quantitative estimate of drug-likeness (QED) is 0.304. The standard InChI is InChI=1S/C22H23N3O5/c1-2-3-4-5-21(26)25(28)18-12-23-17-10-14(6-8-16(17)18)22(27)24-15-7-9-19-20(11-15)30-13-29-19/h6-12,23,28H,2-5,13H2,1H3,(H,24,27). The third-order valence-corrected chi connectivity index (χ3v) is 5.01. The molecule has 0 aliphatic carbocycles. The Balaban J connectivity index is 1.48. The number of nitrogens with zero attached hydrogens (tertiary/aromatic N) is 1. The van der Waals surface area contributed by atoms with Gasteiger partial charge in [-0.3, -0.25) is 14.8 Å². The van der Waals surface area contributed by atoms with Gasteiger partial charge in [-0.2, -0.15) is 5.06 Å². The summed E-state index contributed by atoms with van der Waals surface area (Å²) < 4.78 is 10.6. The third-order valence-electron chi connectivity index (χ3n) is 5.01. The molecule has 2 amide bonds. The van der Waals surface area contributed by atoms with Gasteiger partial charge in [-0.15, -0.1) is 0 Å². The molecule has 3 aromatic rings. The van der Waals surface area contributed by atoms with Gasteiger partial charge in [0.2, 0.25) is 6.79 Å². The van der Waals surface area contributed by atoms with Crippen LogP contribution in [0.15, 0.2) is 42.6 Å². The zero-order valence-electron chi connectivity index (χ0n) is 16.6. The lowest BCUT2D eigenvalue weighted by Crippen LogP contribution is -2.26. The minimum Gasteiger partial charge on any atom is -0.454 e. The maximum Gasteiger partial charge on any atom is 0.255 e. The van der Waals surface area contributed by atoms with Crippen LogP contribution in [0, 0.1) is 0 Å². The van der Waals surface area contributed by atoms with Gasteiger partial charge < -0.3 is 19.8 Å². The molecule has 0 fully saturated rings. The number of benzene rings is 2. The number of ether oxygens (including phenoxy) is 2. The van der Waals surface area contributed by atoms with Gasteiger partial charge in [0.15, 0.2) is 11.5 Å². The van der Waals surface area contributed by atoms with Crippen LogP contribution < -0.4 is 19.9 Å². The smallest absolute Gasteiger partial charge is 0.255 e. The Bertz CT molecular complexity index is 1090. The van der Waals surface area contributed by atoms with Crippen molar-refractivity contribution in [1.82, 2.24) is 4.98 Å². The molecule has 3 N–H and O–H groups in total. The van der Waals surface area contributed by atoms with Crippen LogP contribution in [0.3, 0.4) is 0 Å². The van der Waals surface area contributed by atoms with Gasteiger partial charge in [0.1, 0.15) is 0 Å². The Labute approximate surface area is 173 Å². The highest BCUT2D eigenvalue weighted by Gasteiger charge is 2.19. The highest BCUT2D eigenvalue weighted by molar-refractivity contribution is 6.08. The van der Waals surface area contributed by atoms with Gasteiger partial charge in [-0.1, -0.05) is 19.8 Å². The summed E-state index contributed by atoms with van der Waals surface area (Å²) in [6.07, 6.45) is 4.52. The van der Waals surface area contributed by atoms with Crippen LogP contribution >= 0.6 is 0 Å². The van der Waals surface area contributed by atoms with E-state index in [1.54, 1.807) is 42.6 Å². The van der Waals surface area contributed by atoms with Gasteiger partial charge >= 0.3 is 0 Å². The predicted molar refractivity (Wildman–Crippen MR) is 112 cm³/mol. The van der Waals surface area contributed by atoms with Crippen molar-refractivity contribution in [2.75, 3.05) is 17.2 Å². The molecule has 1 aromatic heterocycles. The molecule has 0 spiro atoms. The zero-order chi connectivity index (χ0) is 21.1. The third kappa shape index (κ3) is 3.95. The largest absolute Gasteiger partial charge is 0.454 e. The number of carbonyl (C=O) groups is 2. The summed E-state index contributed by atoms with van der Waals surface area (Å²) in [6.45, 7) is 2.22. The van der Waals surface area contributed by atoms with Crippen molar-refractivity contribution in [3.05, 3.63) is 48.2 Å². The van der Waals surface area contributed by atoms with Crippen molar-refractivity contribution >= 4 is 34.1 Å². The molecular formula is C22H23N3O5. The summed E-state index contributed by atoms with van der Waals surface area (Å²) in [5.74, 6) is 0.590. The molecule has 0 atom stereocenters. The van der Waals surface area contributed by atoms with Crippen molar-refractivity contribution in [3.8, 4) is 11.5 Å². The minimum absolute atomic E-state index is 0.168. The molecule has 8 heteroatoms. The number of amides is 2. The highest BCUT2D eigenvalue weighted by atomic mass is 16.7. The number of fused-ring (bicyclic) bond motifs is 2. The summed E-state index contributed by atoms with van der Waals surface area (Å²) >= 11 is 0. The molecule has 1 aliphatic heterocycles. The topological polar surface area (TPSA) is 104 Å². The van der Waals surface area contributed by atoms with Crippen LogP contribution in [0.5, 0.6) is 11.5 Å². The molecule has 0 saturated heterocycles. The SMILES string of the molecule is CCCCCC(=O)N(O)c1c[nH]c2cc(C(=O)Nc3ccc4c(c3)OCO4)ccc12. The second-order valence-corrected chi connectivity index (χ2v) is 7.12. The normalized spacial score (nSPS) is 12.2. The van der Waals surface area contributed by atoms with Crippen molar-refractivity contribution in [3.63, 3.8) is 0 Å². The molecule has 2 heterocycles. The van der Waals surface area contributed by atoms with E-state index < -0.39 is 0 Å². The fourth-order valence-electron chi connectivity index (χ4n) is 3.37. The number of carbonyl (C=O) groups excluding carboxylic acids is 2. The zero-order valence-corrected chi connectivity index (χ0v) is 16.6. The van der Waals surface area contributed by atoms with Gasteiger partial charge in [0, 0.05) is 40.8 Å². The number of hydrogen-bond acceptors (Lipinski definition) is 5. The number of rotatable bonds is 7. The van der Waals surface area contributed by atoms with E-state index in [4.69, 9.17) is 9.47 Å². The number of H-pyrrole nitrogens is 1. The van der Waals surface area contributed by atoms with Crippen LogP contribution in [0.4, 0.5) is 11.4 Å². The molecule has 1 aliphatic rings. The number of aromatic nitrogens is 1. The van der Waals surface area contributed by atoms with Crippen LogP contribution in [-0.4, -0.2) is 28.8 Å². The number of aromatic amines is 1. The van der Waals surface area contributed by atoms with E-state index in [9.17, 15) is 14.8 Å². The molecule has 0 saturated carbocycles. The van der Waals surface area contributed by atoms with E-state index in [1.807, 2.05) is 0 Å². The highest BCUT2D eigenvalue weighted by Crippen LogP contribution is 2.34. The maximum absolute atomic E-state index is 12.6. The number of anilines is 2. The molecule has 2 aromatic carbocycles. The van der Waals surface area contributed by atoms with Crippen molar-refractivity contribution in [1.29, 1.82) is 0 Å². The second kappa shape index (κ2) is 8.46. The number of nitrogens with one attached hydrogen (secondary N) is 2. The molecule has 30 heavy (non-hydrogen) atoms. The van der Waals surface area contributed by atoms with Gasteiger partial charge in [-0.05, 0) is 36.8 Å². The van der Waals surface area contributed by atoms with Crippen molar-refractivity contribution in [2.24, 2.45) is 0 Å². The van der Waals surface area contributed by atoms with E-state index in [1.165, 1.54) is 0 Å². The molecule has 0 radical (unpaired) electrons. The average molecular weight is 409 g/mol. The van der Waals surface area contributed by atoms with E-state index in [0.29, 0.717) is 44.4 Å². The monoisotopic (exact) mass is 409 g/mol. The first-order chi connectivity index (χ1) is 14.6. The van der Waals surface area contributed by atoms with E-state index >= 15 is 0 Å². The first kappa shape index (κ1) is 19.8. The van der Waals surface area contributed by atoms with Crippen LogP contribution in [0.25, 0.3) is 10.9 Å². The maximum atomic E-state index is 12.6. The summed E-state index contributed by atoms with van der Waals surface area (Å²) in [5.41, 5.74) is 2.04. The van der Waals surface area contributed by atoms with Crippen LogP contribution in [0.1, 0.15) is 43.0 Å². The predicted octanol–water partition coefficient (Wildman–Crippen LogP) is 4.45. The Morgan fingerprint density at radius 2 is 1.97 bits per heavy atom. The Kier molecular flexibility index (Phi) is 5.58. The Hall–Kier alpha value is -3.52. The first-order valence-corrected chi connectivity index (χ1v) is 9.91. The lowest BCUT2D eigenvalue weighted by atomic mass is 10.1. The molecule has 8 nitrogen and oxygen atoms in total. The van der Waals surface area contributed by atoms with E-state index in [0.717, 1.165) is 19.3 Å². The lowest BCUT2D eigenvalue weighted by Gasteiger charge is -2.14. The number of unbranched alkanes of at least 4 members (excludes halogenated alkanes) is 2. The minimum atomic E-state index is -0.353. The van der Waals surface area contributed by atoms with Gasteiger partial charge in [0.05, 0.1) is 5.69 Å². The molecule has 0 unspecified atom stereocenters. The fraction of sp³-hybridized carbons (Fsp3) is 0.273. The molecule has 156 valence electrons. The van der Waals surface area contributed by atoms with E-state index in [-0.39, 0.29) is 25.0 Å². The first-order valence-electron chi connectivity index (χ1n) is 9.91. The van der Waals surface area contributed by atoms with Crippen LogP contribution in [-0.2, 0) is 4.79 Å². The fourth-order valence-corrected chi connectivity index (χ4v) is 3.37. The number of hydrogen-bond donors (Lipinski definition) is 3. The molecule has 0 bridgehead atoms. The second-order valence-electron chi connectivity index (χ2n) is 7.12. The summed E-state index contributed by atoms with van der Waals surface area (Å²) in [7, 11) is 0. The Morgan fingerprint density at radius 1 is 1.13 bits per heavy atom. The van der Waals surface area contributed by atoms with E-state index in [2.05, 4.69) is 17.2 Å². The summed E-state index contributed by atoms with van der Waals surface area (Å²) in [5, 5.41) is 14.4. The molecular weight excluding hydrogens is 386 g/mol. The average Bonchev–Trinajstić information content (AvgIpc) is 3.39. The van der Waals surface area contributed by atoms with Crippen LogP contribution in [0.2, 0.25) is 0 Å². The summed E-state index contributed by atoms with van der Waals surface area (Å²) in [6, 6.07) is 10.2. The van der Waals surface area contributed by atoms with Crippen molar-refractivity contribution in [2.45, 2.75) is 32.6 Å². The summed E-state index contributed by atoms with van der Waals surface area (Å²) in [4.78, 5) is 27.9. The Morgan fingerprint density at radius 3 is 2.80 bits per heavy atom. The molecule has 4 rings (SSSR count).